The van der Waals surface area contributed by atoms with Gasteiger partial charge in [-0.2, -0.15) is 5.10 Å². The minimum absolute atomic E-state index is 0.130. The Morgan fingerprint density at radius 3 is 2.48 bits per heavy atom. The van der Waals surface area contributed by atoms with Gasteiger partial charge in [-0.05, 0) is 43.5 Å². The van der Waals surface area contributed by atoms with Crippen molar-refractivity contribution < 1.29 is 8.42 Å². The summed E-state index contributed by atoms with van der Waals surface area (Å²) in [4.78, 5) is 0. The zero-order chi connectivity index (χ0) is 17.2. The number of hydrogen-bond acceptors (Lipinski definition) is 3. The molecule has 0 spiro atoms. The molecule has 0 unspecified atom stereocenters. The number of aryl methyl sites for hydroxylation is 2. The van der Waals surface area contributed by atoms with Crippen molar-refractivity contribution in [1.29, 1.82) is 0 Å². The number of aromatic nitrogens is 2. The van der Waals surface area contributed by atoms with Gasteiger partial charge in [0.15, 0.2) is 0 Å². The Labute approximate surface area is 146 Å². The lowest BCUT2D eigenvalue weighted by atomic mass is 10.1. The maximum atomic E-state index is 12.2. The highest BCUT2D eigenvalue weighted by Crippen LogP contribution is 2.23. The van der Waals surface area contributed by atoms with Crippen LogP contribution >= 0.6 is 23.2 Å². The highest BCUT2D eigenvalue weighted by molar-refractivity contribution is 7.88. The number of rotatable bonds is 6. The van der Waals surface area contributed by atoms with E-state index in [1.807, 2.05) is 20.9 Å². The molecule has 0 amide bonds. The molecule has 0 radical (unpaired) electrons. The highest BCUT2D eigenvalue weighted by Gasteiger charge is 2.14. The van der Waals surface area contributed by atoms with Gasteiger partial charge in [-0.1, -0.05) is 29.3 Å². The number of nitrogens with one attached hydrogen (secondary N) is 1. The molecule has 5 nitrogen and oxygen atoms in total. The van der Waals surface area contributed by atoms with Crippen molar-refractivity contribution >= 4 is 33.2 Å². The Bertz CT molecular complexity index is 816. The quantitative estimate of drug-likeness (QED) is 0.843. The molecular formula is C15H19Cl2N3O2S. The minimum atomic E-state index is -3.43. The zero-order valence-corrected chi connectivity index (χ0v) is 15.6. The lowest BCUT2D eigenvalue weighted by molar-refractivity contribution is 0.580. The van der Waals surface area contributed by atoms with Gasteiger partial charge in [0, 0.05) is 19.3 Å². The zero-order valence-electron chi connectivity index (χ0n) is 13.2. The molecule has 0 atom stereocenters. The topological polar surface area (TPSA) is 64.0 Å². The summed E-state index contributed by atoms with van der Waals surface area (Å²) in [6.45, 7) is 4.23. The van der Waals surface area contributed by atoms with Crippen LogP contribution in [-0.4, -0.2) is 24.7 Å². The molecule has 0 fully saturated rings. The molecule has 0 saturated heterocycles. The highest BCUT2D eigenvalue weighted by atomic mass is 35.5. The molecule has 1 heterocycles. The smallest absolute Gasteiger partial charge is 0.215 e. The van der Waals surface area contributed by atoms with Crippen molar-refractivity contribution in [2.24, 2.45) is 7.05 Å². The van der Waals surface area contributed by atoms with E-state index in [2.05, 4.69) is 9.82 Å². The lowest BCUT2D eigenvalue weighted by Crippen LogP contribution is -2.27. The van der Waals surface area contributed by atoms with Crippen LogP contribution in [0.25, 0.3) is 0 Å². The van der Waals surface area contributed by atoms with E-state index < -0.39 is 10.0 Å². The molecule has 23 heavy (non-hydrogen) atoms. The summed E-state index contributed by atoms with van der Waals surface area (Å²) in [5, 5.41) is 5.08. The van der Waals surface area contributed by atoms with Crippen molar-refractivity contribution in [1.82, 2.24) is 14.5 Å². The monoisotopic (exact) mass is 375 g/mol. The summed E-state index contributed by atoms with van der Waals surface area (Å²) < 4.78 is 28.7. The Morgan fingerprint density at radius 2 is 1.91 bits per heavy atom. The standard InChI is InChI=1S/C15H19Cl2N3O2S/c1-10-13(11(2)20(3)19-10)6-7-18-23(21,22)9-12-4-5-14(16)15(17)8-12/h4-5,8,18H,6-7,9H2,1-3H3. The number of benzene rings is 1. The van der Waals surface area contributed by atoms with Crippen molar-refractivity contribution in [3.63, 3.8) is 0 Å². The van der Waals surface area contributed by atoms with Crippen LogP contribution in [0.1, 0.15) is 22.5 Å². The van der Waals surface area contributed by atoms with Gasteiger partial charge in [0.2, 0.25) is 10.0 Å². The van der Waals surface area contributed by atoms with Gasteiger partial charge in [-0.25, -0.2) is 13.1 Å². The van der Waals surface area contributed by atoms with E-state index in [0.29, 0.717) is 28.6 Å². The lowest BCUT2D eigenvalue weighted by Gasteiger charge is -2.08. The predicted molar refractivity (Wildman–Crippen MR) is 93.5 cm³/mol. The van der Waals surface area contributed by atoms with Gasteiger partial charge in [-0.3, -0.25) is 4.68 Å². The van der Waals surface area contributed by atoms with Crippen LogP contribution in [0, 0.1) is 13.8 Å². The van der Waals surface area contributed by atoms with Crippen LogP contribution in [-0.2, 0) is 29.2 Å². The predicted octanol–water partition coefficient (Wildman–Crippen LogP) is 3.01. The van der Waals surface area contributed by atoms with Crippen molar-refractivity contribution in [2.75, 3.05) is 6.54 Å². The van der Waals surface area contributed by atoms with E-state index in [1.165, 1.54) is 0 Å². The average molecular weight is 376 g/mol. The third-order valence-electron chi connectivity index (χ3n) is 3.70. The van der Waals surface area contributed by atoms with Gasteiger partial charge in [0.05, 0.1) is 21.5 Å². The van der Waals surface area contributed by atoms with Gasteiger partial charge in [0.1, 0.15) is 0 Å². The molecule has 0 aliphatic rings. The summed E-state index contributed by atoms with van der Waals surface area (Å²) in [5.41, 5.74) is 3.64. The Hall–Kier alpha value is -1.08. The summed E-state index contributed by atoms with van der Waals surface area (Å²) in [6.07, 6.45) is 0.603. The molecule has 1 aromatic carbocycles. The molecule has 2 aromatic rings. The van der Waals surface area contributed by atoms with E-state index in [0.717, 1.165) is 17.0 Å². The van der Waals surface area contributed by atoms with E-state index in [-0.39, 0.29) is 5.75 Å². The summed E-state index contributed by atoms with van der Waals surface area (Å²) >= 11 is 11.7. The molecule has 1 N–H and O–H groups in total. The van der Waals surface area contributed by atoms with E-state index in [1.54, 1.807) is 22.9 Å². The molecular weight excluding hydrogens is 357 g/mol. The van der Waals surface area contributed by atoms with Crippen molar-refractivity contribution in [3.05, 3.63) is 50.8 Å². The van der Waals surface area contributed by atoms with E-state index >= 15 is 0 Å². The number of halogens is 2. The third-order valence-corrected chi connectivity index (χ3v) is 5.79. The first-order chi connectivity index (χ1) is 10.7. The molecule has 2 rings (SSSR count). The first-order valence-corrected chi connectivity index (χ1v) is 9.51. The largest absolute Gasteiger partial charge is 0.272 e. The molecule has 8 heteroatoms. The molecule has 126 valence electrons. The molecule has 0 bridgehead atoms. The molecule has 0 saturated carbocycles. The minimum Gasteiger partial charge on any atom is -0.272 e. The van der Waals surface area contributed by atoms with Crippen LogP contribution in [0.3, 0.4) is 0 Å². The second-order valence-electron chi connectivity index (χ2n) is 5.42. The maximum Gasteiger partial charge on any atom is 0.215 e. The van der Waals surface area contributed by atoms with Crippen LogP contribution in [0.15, 0.2) is 18.2 Å². The van der Waals surface area contributed by atoms with Gasteiger partial charge in [0.25, 0.3) is 0 Å². The van der Waals surface area contributed by atoms with Gasteiger partial charge in [-0.15, -0.1) is 0 Å². The first kappa shape index (κ1) is 18.3. The Morgan fingerprint density at radius 1 is 1.22 bits per heavy atom. The van der Waals surface area contributed by atoms with Crippen molar-refractivity contribution in [3.8, 4) is 0 Å². The normalized spacial score (nSPS) is 11.9. The molecule has 1 aromatic heterocycles. The van der Waals surface area contributed by atoms with Crippen LogP contribution in [0.2, 0.25) is 10.0 Å². The Kier molecular flexibility index (Phi) is 5.73. The number of sulfonamides is 1. The second-order valence-corrected chi connectivity index (χ2v) is 8.05. The van der Waals surface area contributed by atoms with Crippen LogP contribution < -0.4 is 4.72 Å². The van der Waals surface area contributed by atoms with Gasteiger partial charge >= 0.3 is 0 Å². The number of nitrogens with zero attached hydrogens (tertiary/aromatic N) is 2. The fourth-order valence-corrected chi connectivity index (χ4v) is 3.86. The fourth-order valence-electron chi connectivity index (χ4n) is 2.41. The molecule has 0 aliphatic heterocycles. The van der Waals surface area contributed by atoms with Crippen LogP contribution in [0.5, 0.6) is 0 Å². The Balaban J connectivity index is 1.97. The van der Waals surface area contributed by atoms with E-state index in [4.69, 9.17) is 23.2 Å². The number of hydrogen-bond donors (Lipinski definition) is 1. The SMILES string of the molecule is Cc1nn(C)c(C)c1CCNS(=O)(=O)Cc1ccc(Cl)c(Cl)c1. The fraction of sp³-hybridized carbons (Fsp3) is 0.400. The molecule has 0 aliphatic carbocycles. The average Bonchev–Trinajstić information content (AvgIpc) is 2.69. The van der Waals surface area contributed by atoms with Crippen LogP contribution in [0.4, 0.5) is 0 Å². The maximum absolute atomic E-state index is 12.2. The summed E-state index contributed by atoms with van der Waals surface area (Å²) in [6, 6.07) is 4.82. The van der Waals surface area contributed by atoms with Gasteiger partial charge < -0.3 is 0 Å². The second kappa shape index (κ2) is 7.21. The first-order valence-electron chi connectivity index (χ1n) is 7.10. The van der Waals surface area contributed by atoms with E-state index in [9.17, 15) is 8.42 Å². The van der Waals surface area contributed by atoms with Crippen molar-refractivity contribution in [2.45, 2.75) is 26.0 Å². The third kappa shape index (κ3) is 4.70. The summed E-state index contributed by atoms with van der Waals surface area (Å²) in [7, 11) is -1.56. The summed E-state index contributed by atoms with van der Waals surface area (Å²) in [5.74, 6) is -0.130.